The highest BCUT2D eigenvalue weighted by atomic mass is 16.5. The molecule has 122 valence electrons. The van der Waals surface area contributed by atoms with Crippen molar-refractivity contribution >= 4 is 5.69 Å². The summed E-state index contributed by atoms with van der Waals surface area (Å²) in [6.07, 6.45) is 0. The molecule has 0 amide bonds. The van der Waals surface area contributed by atoms with E-state index in [2.05, 4.69) is 23.1 Å². The second kappa shape index (κ2) is 7.38. The first-order chi connectivity index (χ1) is 11.3. The van der Waals surface area contributed by atoms with E-state index in [0.29, 0.717) is 12.4 Å². The Labute approximate surface area is 137 Å². The molecule has 2 aromatic rings. The van der Waals surface area contributed by atoms with Crippen LogP contribution in [0.1, 0.15) is 12.5 Å². The van der Waals surface area contributed by atoms with Crippen molar-refractivity contribution < 1.29 is 14.7 Å². The summed E-state index contributed by atoms with van der Waals surface area (Å²) < 4.78 is 5.75. The van der Waals surface area contributed by atoms with Crippen molar-refractivity contribution in [3.8, 4) is 11.5 Å². The number of para-hydroxylation sites is 2. The summed E-state index contributed by atoms with van der Waals surface area (Å²) in [7, 11) is 0. The van der Waals surface area contributed by atoms with Gasteiger partial charge in [-0.2, -0.15) is 0 Å². The molecule has 0 spiro atoms. The number of phenolic OH excluding ortho intramolecular Hbond substituents is 1. The number of hydrogen-bond donors (Lipinski definition) is 2. The number of nitrogens with one attached hydrogen (secondary N) is 1. The minimum atomic E-state index is 0.353. The molecule has 1 aliphatic heterocycles. The van der Waals surface area contributed by atoms with Crippen LogP contribution in [-0.2, 0) is 6.54 Å². The van der Waals surface area contributed by atoms with Crippen LogP contribution in [0.25, 0.3) is 0 Å². The van der Waals surface area contributed by atoms with Crippen LogP contribution in [0.2, 0.25) is 0 Å². The molecular weight excluding hydrogens is 288 g/mol. The van der Waals surface area contributed by atoms with Gasteiger partial charge in [-0.25, -0.2) is 0 Å². The monoisotopic (exact) mass is 313 g/mol. The summed E-state index contributed by atoms with van der Waals surface area (Å²) in [4.78, 5) is 3.97. The number of rotatable bonds is 5. The maximum absolute atomic E-state index is 9.58. The molecule has 0 bridgehead atoms. The van der Waals surface area contributed by atoms with Crippen LogP contribution in [-0.4, -0.2) is 37.9 Å². The number of hydrogen-bond acceptors (Lipinski definition) is 3. The minimum absolute atomic E-state index is 0.353. The van der Waals surface area contributed by atoms with Crippen molar-refractivity contribution in [2.24, 2.45) is 0 Å². The van der Waals surface area contributed by atoms with Crippen LogP contribution >= 0.6 is 0 Å². The molecule has 2 aromatic carbocycles. The second-order valence-electron chi connectivity index (χ2n) is 5.98. The van der Waals surface area contributed by atoms with E-state index in [0.717, 1.165) is 38.5 Å². The van der Waals surface area contributed by atoms with Crippen molar-refractivity contribution in [1.82, 2.24) is 0 Å². The van der Waals surface area contributed by atoms with Crippen LogP contribution in [0.4, 0.5) is 5.69 Å². The topological polar surface area (TPSA) is 37.1 Å². The average Bonchev–Trinajstić information content (AvgIpc) is 2.57. The zero-order chi connectivity index (χ0) is 16.1. The van der Waals surface area contributed by atoms with Crippen LogP contribution in [0.15, 0.2) is 48.5 Å². The SMILES string of the molecule is CCOc1ccccc1N1CC[NH+](Cc2cccc(O)c2)CC1. The van der Waals surface area contributed by atoms with E-state index < -0.39 is 0 Å². The lowest BCUT2D eigenvalue weighted by Crippen LogP contribution is -3.13. The fourth-order valence-electron chi connectivity index (χ4n) is 3.19. The number of benzene rings is 2. The highest BCUT2D eigenvalue weighted by Gasteiger charge is 2.22. The largest absolute Gasteiger partial charge is 0.508 e. The first-order valence-electron chi connectivity index (χ1n) is 8.34. The van der Waals surface area contributed by atoms with Crippen LogP contribution in [0, 0.1) is 0 Å². The van der Waals surface area contributed by atoms with Crippen LogP contribution < -0.4 is 14.5 Å². The molecule has 0 unspecified atom stereocenters. The van der Waals surface area contributed by atoms with E-state index in [1.807, 2.05) is 31.2 Å². The third-order valence-corrected chi connectivity index (χ3v) is 4.34. The fraction of sp³-hybridized carbons (Fsp3) is 0.368. The molecule has 1 aliphatic rings. The maximum atomic E-state index is 9.58. The average molecular weight is 313 g/mol. The number of quaternary nitrogens is 1. The quantitative estimate of drug-likeness (QED) is 0.882. The molecule has 1 heterocycles. The van der Waals surface area contributed by atoms with Gasteiger partial charge >= 0.3 is 0 Å². The van der Waals surface area contributed by atoms with Gasteiger partial charge in [-0.1, -0.05) is 24.3 Å². The summed E-state index contributed by atoms with van der Waals surface area (Å²) in [6, 6.07) is 15.9. The Kier molecular flexibility index (Phi) is 5.03. The van der Waals surface area contributed by atoms with E-state index in [9.17, 15) is 5.11 Å². The summed E-state index contributed by atoms with van der Waals surface area (Å²) >= 11 is 0. The Morgan fingerprint density at radius 3 is 2.61 bits per heavy atom. The summed E-state index contributed by atoms with van der Waals surface area (Å²) in [5.41, 5.74) is 2.40. The zero-order valence-electron chi connectivity index (χ0n) is 13.7. The van der Waals surface area contributed by atoms with E-state index in [1.165, 1.54) is 11.3 Å². The Hall–Kier alpha value is -2.20. The Morgan fingerprint density at radius 1 is 1.09 bits per heavy atom. The number of aromatic hydroxyl groups is 1. The highest BCUT2D eigenvalue weighted by Crippen LogP contribution is 2.27. The van der Waals surface area contributed by atoms with Gasteiger partial charge in [-0.15, -0.1) is 0 Å². The first-order valence-corrected chi connectivity index (χ1v) is 8.34. The third kappa shape index (κ3) is 3.96. The lowest BCUT2D eigenvalue weighted by atomic mass is 10.1. The number of piperazine rings is 1. The molecule has 0 aliphatic carbocycles. The summed E-state index contributed by atoms with van der Waals surface area (Å²) in [5, 5.41) is 9.58. The molecule has 3 rings (SSSR count). The van der Waals surface area contributed by atoms with Gasteiger partial charge in [0.05, 0.1) is 38.5 Å². The fourth-order valence-corrected chi connectivity index (χ4v) is 3.19. The van der Waals surface area contributed by atoms with Crippen LogP contribution in [0.5, 0.6) is 11.5 Å². The van der Waals surface area contributed by atoms with E-state index >= 15 is 0 Å². The third-order valence-electron chi connectivity index (χ3n) is 4.34. The number of phenols is 1. The van der Waals surface area contributed by atoms with Crippen LogP contribution in [0.3, 0.4) is 0 Å². The molecule has 0 radical (unpaired) electrons. The minimum Gasteiger partial charge on any atom is -0.508 e. The summed E-state index contributed by atoms with van der Waals surface area (Å²) in [5.74, 6) is 1.33. The lowest BCUT2D eigenvalue weighted by Gasteiger charge is -2.34. The van der Waals surface area contributed by atoms with Gasteiger partial charge in [-0.05, 0) is 31.2 Å². The van der Waals surface area contributed by atoms with Crippen molar-refractivity contribution in [3.05, 3.63) is 54.1 Å². The molecule has 23 heavy (non-hydrogen) atoms. The van der Waals surface area contributed by atoms with Gasteiger partial charge in [0.2, 0.25) is 0 Å². The lowest BCUT2D eigenvalue weighted by molar-refractivity contribution is -0.914. The second-order valence-corrected chi connectivity index (χ2v) is 5.98. The number of ether oxygens (including phenoxy) is 1. The van der Waals surface area contributed by atoms with Crippen molar-refractivity contribution in [1.29, 1.82) is 0 Å². The van der Waals surface area contributed by atoms with Gasteiger partial charge in [0.1, 0.15) is 18.0 Å². The van der Waals surface area contributed by atoms with Gasteiger partial charge in [-0.3, -0.25) is 0 Å². The first kappa shape index (κ1) is 15.7. The molecule has 2 N–H and O–H groups in total. The standard InChI is InChI=1S/C19H24N2O2/c1-2-23-19-9-4-3-8-18(19)21-12-10-20(11-13-21)15-16-6-5-7-17(22)14-16/h3-9,14,22H,2,10-13,15H2,1H3/p+1. The maximum Gasteiger partial charge on any atom is 0.142 e. The summed E-state index contributed by atoms with van der Waals surface area (Å²) in [6.45, 7) is 7.92. The zero-order valence-corrected chi connectivity index (χ0v) is 13.7. The van der Waals surface area contributed by atoms with Gasteiger partial charge in [0.25, 0.3) is 0 Å². The van der Waals surface area contributed by atoms with Crippen molar-refractivity contribution in [3.63, 3.8) is 0 Å². The number of nitrogens with zero attached hydrogens (tertiary/aromatic N) is 1. The molecule has 4 nitrogen and oxygen atoms in total. The molecule has 0 aromatic heterocycles. The predicted octanol–water partition coefficient (Wildman–Crippen LogP) is 1.70. The molecule has 1 saturated heterocycles. The molecule has 1 fully saturated rings. The Morgan fingerprint density at radius 2 is 1.87 bits per heavy atom. The molecular formula is C19H25N2O2+. The Bertz CT molecular complexity index is 637. The van der Waals surface area contributed by atoms with E-state index in [-0.39, 0.29) is 0 Å². The molecule has 0 saturated carbocycles. The van der Waals surface area contributed by atoms with Gasteiger partial charge in [0, 0.05) is 5.56 Å². The van der Waals surface area contributed by atoms with Gasteiger partial charge < -0.3 is 19.6 Å². The van der Waals surface area contributed by atoms with Gasteiger partial charge in [0.15, 0.2) is 0 Å². The smallest absolute Gasteiger partial charge is 0.142 e. The predicted molar refractivity (Wildman–Crippen MR) is 92.3 cm³/mol. The van der Waals surface area contributed by atoms with E-state index in [1.54, 1.807) is 11.0 Å². The van der Waals surface area contributed by atoms with Crippen molar-refractivity contribution in [2.75, 3.05) is 37.7 Å². The van der Waals surface area contributed by atoms with E-state index in [4.69, 9.17) is 4.74 Å². The highest BCUT2D eigenvalue weighted by molar-refractivity contribution is 5.58. The normalized spacial score (nSPS) is 15.6. The Balaban J connectivity index is 1.60. The molecule has 4 heteroatoms. The van der Waals surface area contributed by atoms with Crippen molar-refractivity contribution in [2.45, 2.75) is 13.5 Å². The molecule has 0 atom stereocenters. The number of anilines is 1.